The summed E-state index contributed by atoms with van der Waals surface area (Å²) in [7, 11) is -3.44. The third-order valence-electron chi connectivity index (χ3n) is 4.22. The SMILES string of the molecule is CC(C)OP(=O)(Cc1ncnc2c1ncn2[C@H]1C[C@H](O)[C@@H](CO)O1)OC(C)C. The van der Waals surface area contributed by atoms with E-state index in [9.17, 15) is 14.8 Å². The summed E-state index contributed by atoms with van der Waals surface area (Å²) in [6.45, 7) is 6.90. The fourth-order valence-electron chi connectivity index (χ4n) is 3.20. The summed E-state index contributed by atoms with van der Waals surface area (Å²) in [5.74, 6) is 0. The third-order valence-corrected chi connectivity index (χ3v) is 6.39. The van der Waals surface area contributed by atoms with Gasteiger partial charge in [0.2, 0.25) is 0 Å². The molecule has 0 saturated carbocycles. The maximum atomic E-state index is 13.2. The van der Waals surface area contributed by atoms with E-state index in [1.54, 1.807) is 32.3 Å². The van der Waals surface area contributed by atoms with Crippen LogP contribution in [0.15, 0.2) is 12.7 Å². The smallest absolute Gasteiger partial charge is 0.337 e. The number of hydrogen-bond donors (Lipinski definition) is 2. The molecule has 0 aliphatic carbocycles. The van der Waals surface area contributed by atoms with Crippen LogP contribution in [0.25, 0.3) is 11.2 Å². The van der Waals surface area contributed by atoms with Crippen molar-refractivity contribution >= 4 is 18.8 Å². The van der Waals surface area contributed by atoms with Crippen LogP contribution in [-0.2, 0) is 24.5 Å². The molecule has 0 spiro atoms. The van der Waals surface area contributed by atoms with Gasteiger partial charge in [0.15, 0.2) is 5.65 Å². The van der Waals surface area contributed by atoms with Gasteiger partial charge in [-0.25, -0.2) is 15.0 Å². The molecule has 0 aromatic carbocycles. The summed E-state index contributed by atoms with van der Waals surface area (Å²) in [5, 5.41) is 19.3. The first-order valence-corrected chi connectivity index (χ1v) is 11.0. The topological polar surface area (TPSA) is 129 Å². The number of hydrogen-bond acceptors (Lipinski definition) is 9. The van der Waals surface area contributed by atoms with Gasteiger partial charge in [-0.05, 0) is 27.7 Å². The second-order valence-corrected chi connectivity index (χ2v) is 9.30. The Bertz CT molecular complexity index is 843. The predicted octanol–water partition coefficient (Wildman–Crippen LogP) is 2.01. The van der Waals surface area contributed by atoms with Crippen molar-refractivity contribution in [2.45, 2.75) is 70.9 Å². The van der Waals surface area contributed by atoms with Crippen molar-refractivity contribution in [3.8, 4) is 0 Å². The highest BCUT2D eigenvalue weighted by atomic mass is 31.2. The highest BCUT2D eigenvalue weighted by molar-refractivity contribution is 7.53. The van der Waals surface area contributed by atoms with Crippen molar-refractivity contribution < 1.29 is 28.6 Å². The molecule has 0 radical (unpaired) electrons. The van der Waals surface area contributed by atoms with Gasteiger partial charge < -0.3 is 24.0 Å². The van der Waals surface area contributed by atoms with E-state index in [2.05, 4.69) is 15.0 Å². The van der Waals surface area contributed by atoms with Crippen molar-refractivity contribution in [1.82, 2.24) is 19.5 Å². The average Bonchev–Trinajstić information content (AvgIpc) is 3.16. The number of imidazole rings is 1. The van der Waals surface area contributed by atoms with Crippen molar-refractivity contribution in [3.63, 3.8) is 0 Å². The number of aromatic nitrogens is 4. The van der Waals surface area contributed by atoms with E-state index in [0.717, 1.165) is 0 Å². The fourth-order valence-corrected chi connectivity index (χ4v) is 5.28. The fraction of sp³-hybridized carbons (Fsp3) is 0.706. The van der Waals surface area contributed by atoms with Crippen LogP contribution in [0.1, 0.15) is 46.0 Å². The molecule has 0 amide bonds. The molecule has 156 valence electrons. The second kappa shape index (κ2) is 8.52. The normalized spacial score (nSPS) is 23.4. The summed E-state index contributed by atoms with van der Waals surface area (Å²) < 4.78 is 31.8. The van der Waals surface area contributed by atoms with E-state index < -0.39 is 26.0 Å². The van der Waals surface area contributed by atoms with Crippen LogP contribution in [0.4, 0.5) is 0 Å². The van der Waals surface area contributed by atoms with Gasteiger partial charge in [0, 0.05) is 6.42 Å². The highest BCUT2D eigenvalue weighted by Gasteiger charge is 2.36. The predicted molar refractivity (Wildman–Crippen MR) is 101 cm³/mol. The van der Waals surface area contributed by atoms with Crippen molar-refractivity contribution in [2.75, 3.05) is 6.61 Å². The molecule has 28 heavy (non-hydrogen) atoms. The molecule has 0 unspecified atom stereocenters. The Morgan fingerprint density at radius 2 is 1.93 bits per heavy atom. The van der Waals surface area contributed by atoms with Gasteiger partial charge in [0.05, 0.1) is 43.1 Å². The summed E-state index contributed by atoms with van der Waals surface area (Å²) >= 11 is 0. The Morgan fingerprint density at radius 1 is 1.25 bits per heavy atom. The molecule has 1 saturated heterocycles. The third kappa shape index (κ3) is 4.59. The first kappa shape index (κ1) is 21.3. The van der Waals surface area contributed by atoms with E-state index in [1.165, 1.54) is 12.7 Å². The first-order valence-electron chi connectivity index (χ1n) is 9.29. The van der Waals surface area contributed by atoms with Gasteiger partial charge in [-0.2, -0.15) is 0 Å². The van der Waals surface area contributed by atoms with E-state index in [0.29, 0.717) is 23.3 Å². The molecule has 3 heterocycles. The van der Waals surface area contributed by atoms with Crippen LogP contribution in [0.5, 0.6) is 0 Å². The maximum absolute atomic E-state index is 13.2. The van der Waals surface area contributed by atoms with Crippen molar-refractivity contribution in [3.05, 3.63) is 18.3 Å². The van der Waals surface area contributed by atoms with E-state index >= 15 is 0 Å². The molecule has 11 heteroatoms. The van der Waals surface area contributed by atoms with Crippen molar-refractivity contribution in [2.24, 2.45) is 0 Å². The van der Waals surface area contributed by atoms with Gasteiger partial charge >= 0.3 is 7.60 Å². The monoisotopic (exact) mass is 414 g/mol. The van der Waals surface area contributed by atoms with Gasteiger partial charge in [-0.15, -0.1) is 0 Å². The van der Waals surface area contributed by atoms with E-state index in [1.807, 2.05) is 0 Å². The Balaban J connectivity index is 1.91. The first-order chi connectivity index (χ1) is 13.2. The number of rotatable bonds is 8. The lowest BCUT2D eigenvalue weighted by molar-refractivity contribution is -0.0432. The zero-order valence-electron chi connectivity index (χ0n) is 16.4. The lowest BCUT2D eigenvalue weighted by Gasteiger charge is -2.22. The molecular formula is C17H27N4O6P. The van der Waals surface area contributed by atoms with Crippen LogP contribution in [-0.4, -0.2) is 60.8 Å². The van der Waals surface area contributed by atoms with Gasteiger partial charge in [0.1, 0.15) is 24.2 Å². The molecule has 10 nitrogen and oxygen atoms in total. The summed E-state index contributed by atoms with van der Waals surface area (Å²) in [6.07, 6.45) is 0.693. The average molecular weight is 414 g/mol. The van der Waals surface area contributed by atoms with Crippen LogP contribution >= 0.6 is 7.60 Å². The number of fused-ring (bicyclic) bond motifs is 1. The lowest BCUT2D eigenvalue weighted by atomic mass is 10.2. The molecule has 2 aromatic heterocycles. The summed E-state index contributed by atoms with van der Waals surface area (Å²) in [6, 6.07) is 0. The standard InChI is InChI=1S/C17H27N4O6P/c1-10(2)26-28(24,27-11(3)4)7-12-16-17(19-8-18-12)21(9-20-16)15-5-13(23)14(6-22)25-15/h8-11,13-15,22-23H,5-7H2,1-4H3/t13-,14+,15+/m0/s1. The van der Waals surface area contributed by atoms with Gasteiger partial charge in [-0.3, -0.25) is 9.13 Å². The van der Waals surface area contributed by atoms with Crippen LogP contribution in [0, 0.1) is 0 Å². The lowest BCUT2D eigenvalue weighted by Crippen LogP contribution is -2.24. The zero-order valence-corrected chi connectivity index (χ0v) is 17.3. The zero-order chi connectivity index (χ0) is 20.5. The minimum atomic E-state index is -3.44. The molecule has 1 aliphatic rings. The molecule has 3 rings (SSSR count). The number of aliphatic hydroxyl groups excluding tert-OH is 2. The van der Waals surface area contributed by atoms with E-state index in [-0.39, 0.29) is 25.0 Å². The molecule has 2 aromatic rings. The Labute approximate surface area is 163 Å². The molecule has 0 bridgehead atoms. The minimum absolute atomic E-state index is 0.0349. The molecule has 1 aliphatic heterocycles. The molecule has 1 fully saturated rings. The van der Waals surface area contributed by atoms with Gasteiger partial charge in [0.25, 0.3) is 0 Å². The van der Waals surface area contributed by atoms with E-state index in [4.69, 9.17) is 13.8 Å². The quantitative estimate of drug-likeness (QED) is 0.623. The summed E-state index contributed by atoms with van der Waals surface area (Å²) in [5.41, 5.74) is 1.40. The number of nitrogens with zero attached hydrogens (tertiary/aromatic N) is 4. The van der Waals surface area contributed by atoms with Crippen LogP contribution in [0.3, 0.4) is 0 Å². The van der Waals surface area contributed by atoms with Crippen molar-refractivity contribution in [1.29, 1.82) is 0 Å². The molecule has 3 atom stereocenters. The Hall–Kier alpha value is -1.42. The Kier molecular flexibility index (Phi) is 6.48. The minimum Gasteiger partial charge on any atom is -0.394 e. The molecular weight excluding hydrogens is 387 g/mol. The maximum Gasteiger partial charge on any atom is 0.337 e. The number of aliphatic hydroxyl groups is 2. The summed E-state index contributed by atoms with van der Waals surface area (Å²) in [4.78, 5) is 12.9. The van der Waals surface area contributed by atoms with Crippen LogP contribution < -0.4 is 0 Å². The van der Waals surface area contributed by atoms with Crippen LogP contribution in [0.2, 0.25) is 0 Å². The Morgan fingerprint density at radius 3 is 2.50 bits per heavy atom. The highest BCUT2D eigenvalue weighted by Crippen LogP contribution is 2.53. The second-order valence-electron chi connectivity index (χ2n) is 7.34. The number of ether oxygens (including phenoxy) is 1. The van der Waals surface area contributed by atoms with Gasteiger partial charge in [-0.1, -0.05) is 0 Å². The largest absolute Gasteiger partial charge is 0.394 e. The molecule has 2 N–H and O–H groups in total.